The molecule has 0 aliphatic carbocycles. The monoisotopic (exact) mass is 320 g/mol. The number of hydrogen-bond donors (Lipinski definition) is 1. The Kier molecular flexibility index (Phi) is 5.84. The largest absolute Gasteiger partial charge is 0.508 e. The Morgan fingerprint density at radius 3 is 2.36 bits per heavy atom. The van der Waals surface area contributed by atoms with Crippen molar-refractivity contribution in [1.29, 1.82) is 0 Å². The average molecular weight is 321 g/mol. The molecular formula is C18H28O3Si. The average Bonchev–Trinajstić information content (AvgIpc) is 2.91. The lowest BCUT2D eigenvalue weighted by molar-refractivity contribution is -0.0541. The smallest absolute Gasteiger partial charge is 0.158 e. The van der Waals surface area contributed by atoms with Crippen molar-refractivity contribution < 1.29 is 14.6 Å². The molecule has 4 heteroatoms. The second-order valence-electron chi connectivity index (χ2n) is 7.37. The van der Waals surface area contributed by atoms with Gasteiger partial charge in [-0.05, 0) is 36.1 Å². The van der Waals surface area contributed by atoms with E-state index in [0.717, 1.165) is 18.9 Å². The quantitative estimate of drug-likeness (QED) is 0.604. The van der Waals surface area contributed by atoms with Crippen molar-refractivity contribution in [3.63, 3.8) is 0 Å². The van der Waals surface area contributed by atoms with Crippen molar-refractivity contribution in [1.82, 2.24) is 0 Å². The van der Waals surface area contributed by atoms with Gasteiger partial charge in [0.05, 0.1) is 13.2 Å². The van der Waals surface area contributed by atoms with E-state index >= 15 is 0 Å². The normalized spacial score (nSPS) is 17.6. The highest BCUT2D eigenvalue weighted by Crippen LogP contribution is 2.30. The van der Waals surface area contributed by atoms with E-state index in [4.69, 9.17) is 9.47 Å². The van der Waals surface area contributed by atoms with Gasteiger partial charge in [0, 0.05) is 14.5 Å². The molecule has 0 unspecified atom stereocenters. The molecule has 2 rings (SSSR count). The number of aromatic hydroxyl groups is 1. The van der Waals surface area contributed by atoms with Crippen molar-refractivity contribution in [2.75, 3.05) is 13.2 Å². The third-order valence-electron chi connectivity index (χ3n) is 3.92. The third-order valence-corrected chi connectivity index (χ3v) is 5.44. The molecule has 1 aromatic carbocycles. The zero-order valence-corrected chi connectivity index (χ0v) is 15.0. The molecule has 0 saturated carbocycles. The number of allylic oxidation sites excluding steroid dienone is 1. The SMILES string of the molecule is C=C(C[Si](C)(C)C)[C@@H](Cc1ccc(O)cc1)CC1OCCO1. The predicted molar refractivity (Wildman–Crippen MR) is 92.9 cm³/mol. The second-order valence-corrected chi connectivity index (χ2v) is 12.8. The van der Waals surface area contributed by atoms with Crippen LogP contribution in [-0.4, -0.2) is 32.7 Å². The van der Waals surface area contributed by atoms with E-state index < -0.39 is 8.07 Å². The summed E-state index contributed by atoms with van der Waals surface area (Å²) >= 11 is 0. The van der Waals surface area contributed by atoms with Crippen molar-refractivity contribution in [2.45, 2.75) is 44.8 Å². The summed E-state index contributed by atoms with van der Waals surface area (Å²) in [6, 6.07) is 8.59. The van der Waals surface area contributed by atoms with Gasteiger partial charge in [0.2, 0.25) is 0 Å². The van der Waals surface area contributed by atoms with Gasteiger partial charge in [0.15, 0.2) is 6.29 Å². The lowest BCUT2D eigenvalue weighted by Crippen LogP contribution is -2.25. The lowest BCUT2D eigenvalue weighted by Gasteiger charge is -2.26. The van der Waals surface area contributed by atoms with Gasteiger partial charge in [-0.1, -0.05) is 43.9 Å². The Hall–Kier alpha value is -1.10. The summed E-state index contributed by atoms with van der Waals surface area (Å²) in [4.78, 5) is 0. The fourth-order valence-corrected chi connectivity index (χ4v) is 4.56. The van der Waals surface area contributed by atoms with Gasteiger partial charge in [-0.25, -0.2) is 0 Å². The van der Waals surface area contributed by atoms with Crippen molar-refractivity contribution >= 4 is 8.07 Å². The Balaban J connectivity index is 2.05. The number of ether oxygens (including phenoxy) is 2. The van der Waals surface area contributed by atoms with Crippen molar-refractivity contribution in [3.8, 4) is 5.75 Å². The van der Waals surface area contributed by atoms with Gasteiger partial charge in [0.1, 0.15) is 5.75 Å². The van der Waals surface area contributed by atoms with E-state index in [-0.39, 0.29) is 6.29 Å². The maximum Gasteiger partial charge on any atom is 0.158 e. The molecule has 122 valence electrons. The Morgan fingerprint density at radius 2 is 1.82 bits per heavy atom. The van der Waals surface area contributed by atoms with Gasteiger partial charge in [0.25, 0.3) is 0 Å². The van der Waals surface area contributed by atoms with Crippen molar-refractivity contribution in [2.24, 2.45) is 5.92 Å². The standard InChI is InChI=1S/C18H28O3Si/c1-14(13-22(2,3)4)16(12-18-20-9-10-21-18)11-15-5-7-17(19)8-6-15/h5-8,16,18-19H,1,9-13H2,2-4H3/t16-/m0/s1. The van der Waals surface area contributed by atoms with Crippen LogP contribution in [0.5, 0.6) is 5.75 Å². The molecule has 0 bridgehead atoms. The number of benzene rings is 1. The maximum absolute atomic E-state index is 9.43. The molecule has 1 atom stereocenters. The molecule has 0 amide bonds. The molecule has 3 nitrogen and oxygen atoms in total. The molecule has 1 aliphatic rings. The van der Waals surface area contributed by atoms with Gasteiger partial charge in [-0.3, -0.25) is 0 Å². The number of phenolic OH excluding ortho intramolecular Hbond substituents is 1. The number of hydrogen-bond acceptors (Lipinski definition) is 3. The summed E-state index contributed by atoms with van der Waals surface area (Å²) in [5.41, 5.74) is 2.53. The zero-order chi connectivity index (χ0) is 16.2. The number of rotatable bonds is 7. The van der Waals surface area contributed by atoms with Crippen LogP contribution in [0.25, 0.3) is 0 Å². The first-order valence-electron chi connectivity index (χ1n) is 8.02. The van der Waals surface area contributed by atoms with Crippen LogP contribution in [0.3, 0.4) is 0 Å². The first-order chi connectivity index (χ1) is 10.3. The predicted octanol–water partition coefficient (Wildman–Crippen LogP) is 4.21. The summed E-state index contributed by atoms with van der Waals surface area (Å²) in [5.74, 6) is 0.669. The van der Waals surface area contributed by atoms with Crippen LogP contribution in [-0.2, 0) is 15.9 Å². The van der Waals surface area contributed by atoms with Crippen molar-refractivity contribution in [3.05, 3.63) is 42.0 Å². The molecular weight excluding hydrogens is 292 g/mol. The van der Waals surface area contributed by atoms with Gasteiger partial charge < -0.3 is 14.6 Å². The topological polar surface area (TPSA) is 38.7 Å². The van der Waals surface area contributed by atoms with Crippen LogP contribution >= 0.6 is 0 Å². The van der Waals surface area contributed by atoms with Crippen LogP contribution in [0, 0.1) is 5.92 Å². The fourth-order valence-electron chi connectivity index (χ4n) is 2.91. The van der Waals surface area contributed by atoms with E-state index in [0.29, 0.717) is 24.9 Å². The lowest BCUT2D eigenvalue weighted by atomic mass is 9.90. The Morgan fingerprint density at radius 1 is 1.23 bits per heavy atom. The molecule has 22 heavy (non-hydrogen) atoms. The minimum Gasteiger partial charge on any atom is -0.508 e. The molecule has 1 aliphatic heterocycles. The minimum absolute atomic E-state index is 0.0968. The fraction of sp³-hybridized carbons (Fsp3) is 0.556. The molecule has 1 fully saturated rings. The molecule has 0 aromatic heterocycles. The summed E-state index contributed by atoms with van der Waals surface area (Å²) in [6.07, 6.45) is 1.69. The summed E-state index contributed by atoms with van der Waals surface area (Å²) in [5, 5.41) is 9.43. The summed E-state index contributed by atoms with van der Waals surface area (Å²) in [7, 11) is -1.19. The van der Waals surface area contributed by atoms with E-state index in [1.165, 1.54) is 11.1 Å². The van der Waals surface area contributed by atoms with Crippen LogP contribution in [0.2, 0.25) is 25.7 Å². The van der Waals surface area contributed by atoms with Gasteiger partial charge in [-0.15, -0.1) is 0 Å². The minimum atomic E-state index is -1.19. The van der Waals surface area contributed by atoms with E-state index in [1.807, 2.05) is 12.1 Å². The molecule has 1 aromatic rings. The summed E-state index contributed by atoms with van der Waals surface area (Å²) in [6.45, 7) is 12.9. The Bertz CT molecular complexity index is 484. The second kappa shape index (κ2) is 7.44. The van der Waals surface area contributed by atoms with E-state index in [2.05, 4.69) is 26.2 Å². The molecule has 1 heterocycles. The maximum atomic E-state index is 9.43. The van der Waals surface area contributed by atoms with E-state index in [9.17, 15) is 5.11 Å². The Labute approximate surface area is 135 Å². The van der Waals surface area contributed by atoms with Crippen LogP contribution in [0.4, 0.5) is 0 Å². The molecule has 1 N–H and O–H groups in total. The molecule has 1 saturated heterocycles. The highest BCUT2D eigenvalue weighted by atomic mass is 28.3. The zero-order valence-electron chi connectivity index (χ0n) is 14.0. The van der Waals surface area contributed by atoms with Crippen LogP contribution in [0.1, 0.15) is 12.0 Å². The van der Waals surface area contributed by atoms with Gasteiger partial charge >= 0.3 is 0 Å². The van der Waals surface area contributed by atoms with Gasteiger partial charge in [-0.2, -0.15) is 0 Å². The molecule has 0 radical (unpaired) electrons. The third kappa shape index (κ3) is 5.59. The first kappa shape index (κ1) is 17.3. The van der Waals surface area contributed by atoms with Crippen LogP contribution < -0.4 is 0 Å². The van der Waals surface area contributed by atoms with E-state index in [1.54, 1.807) is 12.1 Å². The highest BCUT2D eigenvalue weighted by molar-refractivity contribution is 6.76. The number of phenols is 1. The van der Waals surface area contributed by atoms with Crippen LogP contribution in [0.15, 0.2) is 36.4 Å². The summed E-state index contributed by atoms with van der Waals surface area (Å²) < 4.78 is 11.3. The first-order valence-corrected chi connectivity index (χ1v) is 11.7. The highest BCUT2D eigenvalue weighted by Gasteiger charge is 2.26. The molecule has 0 spiro atoms.